The molecular weight excluding hydrogens is 245 g/mol. The highest BCUT2D eigenvalue weighted by Gasteiger charge is 2.18. The molecule has 1 aromatic carbocycles. The van der Waals surface area contributed by atoms with Crippen molar-refractivity contribution in [3.63, 3.8) is 0 Å². The van der Waals surface area contributed by atoms with Crippen LogP contribution in [-0.2, 0) is 13.0 Å². The van der Waals surface area contributed by atoms with Gasteiger partial charge >= 0.3 is 0 Å². The molecule has 102 valence electrons. The Hall–Kier alpha value is -2.04. The van der Waals surface area contributed by atoms with Crippen LogP contribution in [-0.4, -0.2) is 9.36 Å². The Balaban J connectivity index is 2.76. The zero-order valence-corrected chi connectivity index (χ0v) is 11.2. The molecule has 0 saturated heterocycles. The number of rotatable bonds is 4. The Morgan fingerprint density at radius 2 is 1.95 bits per heavy atom. The van der Waals surface area contributed by atoms with Gasteiger partial charge in [0, 0.05) is 6.54 Å². The Kier molecular flexibility index (Phi) is 3.74. The van der Waals surface area contributed by atoms with Crippen molar-refractivity contribution in [2.75, 3.05) is 5.73 Å². The van der Waals surface area contributed by atoms with Gasteiger partial charge in [0.05, 0.1) is 5.69 Å². The Labute approximate surface area is 111 Å². The first-order chi connectivity index (χ1) is 9.11. The van der Waals surface area contributed by atoms with E-state index in [4.69, 9.17) is 5.73 Å². The average molecular weight is 263 g/mol. The minimum atomic E-state index is -0.429. The van der Waals surface area contributed by atoms with Crippen molar-refractivity contribution in [3.8, 4) is 5.69 Å². The van der Waals surface area contributed by atoms with Crippen molar-refractivity contribution < 1.29 is 4.39 Å². The molecule has 0 amide bonds. The predicted octanol–water partition coefficient (Wildman–Crippen LogP) is 2.33. The monoisotopic (exact) mass is 263 g/mol. The van der Waals surface area contributed by atoms with E-state index in [0.29, 0.717) is 13.0 Å². The summed E-state index contributed by atoms with van der Waals surface area (Å²) in [6.07, 6.45) is 1.48. The molecular formula is C14H18FN3O. The number of halogens is 1. The molecule has 0 spiro atoms. The van der Waals surface area contributed by atoms with E-state index in [1.54, 1.807) is 22.9 Å². The summed E-state index contributed by atoms with van der Waals surface area (Å²) >= 11 is 0. The summed E-state index contributed by atoms with van der Waals surface area (Å²) in [7, 11) is 0. The van der Waals surface area contributed by atoms with Crippen LogP contribution in [0.5, 0.6) is 0 Å². The van der Waals surface area contributed by atoms with Crippen LogP contribution in [0.15, 0.2) is 29.1 Å². The van der Waals surface area contributed by atoms with Gasteiger partial charge < -0.3 is 5.73 Å². The van der Waals surface area contributed by atoms with Gasteiger partial charge in [0.25, 0.3) is 5.56 Å². The van der Waals surface area contributed by atoms with Crippen molar-refractivity contribution in [2.45, 2.75) is 33.2 Å². The molecule has 0 unspecified atom stereocenters. The van der Waals surface area contributed by atoms with E-state index in [0.717, 1.165) is 12.1 Å². The van der Waals surface area contributed by atoms with Gasteiger partial charge in [-0.2, -0.15) is 0 Å². The first kappa shape index (κ1) is 13.4. The lowest BCUT2D eigenvalue weighted by Crippen LogP contribution is -2.23. The molecule has 1 aromatic heterocycles. The van der Waals surface area contributed by atoms with Crippen LogP contribution in [0.4, 0.5) is 10.1 Å². The maximum atomic E-state index is 13.9. The van der Waals surface area contributed by atoms with E-state index in [-0.39, 0.29) is 16.9 Å². The second-order valence-electron chi connectivity index (χ2n) is 4.41. The van der Waals surface area contributed by atoms with Crippen LogP contribution in [0.2, 0.25) is 0 Å². The Bertz CT molecular complexity index is 643. The lowest BCUT2D eigenvalue weighted by molar-refractivity contribution is 0.500. The minimum Gasteiger partial charge on any atom is -0.393 e. The van der Waals surface area contributed by atoms with Crippen molar-refractivity contribution in [3.05, 3.63) is 46.1 Å². The van der Waals surface area contributed by atoms with Crippen molar-refractivity contribution in [1.29, 1.82) is 0 Å². The molecule has 5 heteroatoms. The SMILES string of the molecule is CCCn1c(CC)c(N)c(=O)n1-c1ccccc1F. The summed E-state index contributed by atoms with van der Waals surface area (Å²) in [6, 6.07) is 6.23. The Morgan fingerprint density at radius 3 is 2.53 bits per heavy atom. The number of nitrogen functional groups attached to an aromatic ring is 1. The number of nitrogens with zero attached hydrogens (tertiary/aromatic N) is 2. The molecule has 0 aliphatic heterocycles. The molecule has 1 heterocycles. The van der Waals surface area contributed by atoms with Crippen LogP contribution in [0.25, 0.3) is 5.69 Å². The zero-order chi connectivity index (χ0) is 14.0. The van der Waals surface area contributed by atoms with Gasteiger partial charge in [-0.3, -0.25) is 9.48 Å². The number of aromatic nitrogens is 2. The topological polar surface area (TPSA) is 52.9 Å². The second-order valence-corrected chi connectivity index (χ2v) is 4.41. The fourth-order valence-electron chi connectivity index (χ4n) is 2.29. The Morgan fingerprint density at radius 1 is 1.26 bits per heavy atom. The van der Waals surface area contributed by atoms with E-state index in [9.17, 15) is 9.18 Å². The zero-order valence-electron chi connectivity index (χ0n) is 11.2. The number of hydrogen-bond donors (Lipinski definition) is 1. The average Bonchev–Trinajstić information content (AvgIpc) is 2.63. The summed E-state index contributed by atoms with van der Waals surface area (Å²) in [6.45, 7) is 4.57. The number of anilines is 1. The summed E-state index contributed by atoms with van der Waals surface area (Å²) in [4.78, 5) is 12.2. The first-order valence-corrected chi connectivity index (χ1v) is 6.46. The molecule has 0 aliphatic rings. The standard InChI is InChI=1S/C14H18FN3O/c1-3-9-17-11(4-2)13(16)14(19)18(17)12-8-6-5-7-10(12)15/h5-8H,3-4,9,16H2,1-2H3. The van der Waals surface area contributed by atoms with Gasteiger partial charge in [0.15, 0.2) is 0 Å². The van der Waals surface area contributed by atoms with Crippen LogP contribution in [0.3, 0.4) is 0 Å². The van der Waals surface area contributed by atoms with Gasteiger partial charge in [0.2, 0.25) is 0 Å². The summed E-state index contributed by atoms with van der Waals surface area (Å²) in [5, 5.41) is 0. The highest BCUT2D eigenvalue weighted by atomic mass is 19.1. The fraction of sp³-hybridized carbons (Fsp3) is 0.357. The quantitative estimate of drug-likeness (QED) is 0.920. The maximum absolute atomic E-state index is 13.9. The summed E-state index contributed by atoms with van der Waals surface area (Å²) in [5.41, 5.74) is 6.71. The summed E-state index contributed by atoms with van der Waals surface area (Å²) in [5.74, 6) is -0.429. The minimum absolute atomic E-state index is 0.208. The molecule has 4 nitrogen and oxygen atoms in total. The number of benzene rings is 1. The van der Waals surface area contributed by atoms with Gasteiger partial charge in [-0.05, 0) is 25.0 Å². The molecule has 0 radical (unpaired) electrons. The first-order valence-electron chi connectivity index (χ1n) is 6.46. The highest BCUT2D eigenvalue weighted by Crippen LogP contribution is 2.17. The van der Waals surface area contributed by atoms with Crippen molar-refractivity contribution >= 4 is 5.69 Å². The fourth-order valence-corrected chi connectivity index (χ4v) is 2.29. The van der Waals surface area contributed by atoms with Crippen molar-refractivity contribution in [1.82, 2.24) is 9.36 Å². The van der Waals surface area contributed by atoms with E-state index in [2.05, 4.69) is 0 Å². The third-order valence-corrected chi connectivity index (χ3v) is 3.14. The number of para-hydroxylation sites is 1. The van der Waals surface area contributed by atoms with Crippen LogP contribution >= 0.6 is 0 Å². The number of hydrogen-bond acceptors (Lipinski definition) is 2. The van der Waals surface area contributed by atoms with Gasteiger partial charge in [0.1, 0.15) is 17.2 Å². The van der Waals surface area contributed by atoms with E-state index >= 15 is 0 Å². The third kappa shape index (κ3) is 2.16. The van der Waals surface area contributed by atoms with Crippen LogP contribution < -0.4 is 11.3 Å². The molecule has 0 fully saturated rings. The highest BCUT2D eigenvalue weighted by molar-refractivity contribution is 5.46. The summed E-state index contributed by atoms with van der Waals surface area (Å²) < 4.78 is 17.0. The second kappa shape index (κ2) is 5.30. The van der Waals surface area contributed by atoms with Crippen LogP contribution in [0, 0.1) is 5.82 Å². The molecule has 19 heavy (non-hydrogen) atoms. The normalized spacial score (nSPS) is 10.9. The molecule has 2 N–H and O–H groups in total. The molecule has 0 aliphatic carbocycles. The maximum Gasteiger partial charge on any atom is 0.294 e. The lowest BCUT2D eigenvalue weighted by atomic mass is 10.3. The largest absolute Gasteiger partial charge is 0.393 e. The third-order valence-electron chi connectivity index (χ3n) is 3.14. The lowest BCUT2D eigenvalue weighted by Gasteiger charge is -2.13. The van der Waals surface area contributed by atoms with Gasteiger partial charge in [-0.15, -0.1) is 0 Å². The van der Waals surface area contributed by atoms with E-state index in [1.807, 2.05) is 13.8 Å². The molecule has 2 rings (SSSR count). The smallest absolute Gasteiger partial charge is 0.294 e. The number of nitrogens with two attached hydrogens (primary N) is 1. The van der Waals surface area contributed by atoms with Crippen molar-refractivity contribution in [2.24, 2.45) is 0 Å². The molecule has 0 bridgehead atoms. The van der Waals surface area contributed by atoms with E-state index < -0.39 is 5.82 Å². The molecule has 0 atom stereocenters. The van der Waals surface area contributed by atoms with Gasteiger partial charge in [-0.1, -0.05) is 26.0 Å². The predicted molar refractivity (Wildman–Crippen MR) is 74.1 cm³/mol. The van der Waals surface area contributed by atoms with Crippen LogP contribution in [0.1, 0.15) is 26.0 Å². The molecule has 0 saturated carbocycles. The van der Waals surface area contributed by atoms with E-state index in [1.165, 1.54) is 10.7 Å². The molecule has 2 aromatic rings. The van der Waals surface area contributed by atoms with Gasteiger partial charge in [-0.25, -0.2) is 9.07 Å².